The number of ether oxygens (including phenoxy) is 3. The number of nitrogens with zero attached hydrogens (tertiary/aromatic N) is 1. The average Bonchev–Trinajstić information content (AvgIpc) is 3.17. The summed E-state index contributed by atoms with van der Waals surface area (Å²) in [7, 11) is 0. The Kier molecular flexibility index (Phi) is 3.67. The molecule has 2 aliphatic rings. The van der Waals surface area contributed by atoms with E-state index in [9.17, 15) is 4.79 Å². The monoisotopic (exact) mass is 361 g/mol. The highest BCUT2D eigenvalue weighted by molar-refractivity contribution is 6.42. The van der Waals surface area contributed by atoms with E-state index >= 15 is 0 Å². The highest BCUT2D eigenvalue weighted by atomic mass is 35.5. The van der Waals surface area contributed by atoms with Gasteiger partial charge in [0, 0.05) is 5.56 Å². The van der Waals surface area contributed by atoms with Gasteiger partial charge in [-0.05, 0) is 42.0 Å². The average molecular weight is 362 g/mol. The molecule has 2 aromatic rings. The fourth-order valence-corrected chi connectivity index (χ4v) is 2.62. The van der Waals surface area contributed by atoms with Gasteiger partial charge >= 0.3 is 5.97 Å². The van der Waals surface area contributed by atoms with E-state index in [2.05, 4.69) is 4.99 Å². The van der Waals surface area contributed by atoms with Crippen molar-refractivity contribution in [2.45, 2.75) is 0 Å². The predicted octanol–water partition coefficient (Wildman–Crippen LogP) is 4.07. The molecule has 0 N–H and O–H groups in total. The predicted molar refractivity (Wildman–Crippen MR) is 89.6 cm³/mol. The first-order valence-electron chi connectivity index (χ1n) is 6.98. The fourth-order valence-electron chi connectivity index (χ4n) is 2.32. The molecule has 0 atom stereocenters. The van der Waals surface area contributed by atoms with Gasteiger partial charge < -0.3 is 14.2 Å². The first-order valence-corrected chi connectivity index (χ1v) is 7.73. The Morgan fingerprint density at radius 2 is 1.83 bits per heavy atom. The first-order chi connectivity index (χ1) is 11.6. The Bertz CT molecular complexity index is 921. The summed E-state index contributed by atoms with van der Waals surface area (Å²) in [5.41, 5.74) is 1.52. The van der Waals surface area contributed by atoms with E-state index in [-0.39, 0.29) is 18.4 Å². The van der Waals surface area contributed by atoms with E-state index in [0.29, 0.717) is 27.1 Å². The maximum Gasteiger partial charge on any atom is 0.363 e. The topological polar surface area (TPSA) is 57.1 Å². The van der Waals surface area contributed by atoms with Crippen molar-refractivity contribution in [2.24, 2.45) is 4.99 Å². The summed E-state index contributed by atoms with van der Waals surface area (Å²) >= 11 is 11.9. The van der Waals surface area contributed by atoms with Crippen LogP contribution in [-0.2, 0) is 9.53 Å². The van der Waals surface area contributed by atoms with E-state index < -0.39 is 5.97 Å². The Balaban J connectivity index is 1.67. The third-order valence-electron chi connectivity index (χ3n) is 3.49. The number of esters is 1. The lowest BCUT2D eigenvalue weighted by atomic mass is 10.1. The highest BCUT2D eigenvalue weighted by Gasteiger charge is 2.25. The van der Waals surface area contributed by atoms with Gasteiger partial charge in [0.1, 0.15) is 0 Å². The largest absolute Gasteiger partial charge is 0.454 e. The Hall–Kier alpha value is -2.50. The van der Waals surface area contributed by atoms with Crippen LogP contribution in [0.2, 0.25) is 10.0 Å². The van der Waals surface area contributed by atoms with Crippen molar-refractivity contribution >= 4 is 41.1 Å². The number of hydrogen-bond acceptors (Lipinski definition) is 5. The molecular weight excluding hydrogens is 353 g/mol. The molecule has 0 aliphatic carbocycles. The van der Waals surface area contributed by atoms with Crippen molar-refractivity contribution in [3.05, 3.63) is 63.3 Å². The van der Waals surface area contributed by atoms with E-state index in [4.69, 9.17) is 37.4 Å². The minimum Gasteiger partial charge on any atom is -0.454 e. The van der Waals surface area contributed by atoms with Crippen molar-refractivity contribution in [3.8, 4) is 11.5 Å². The molecule has 4 rings (SSSR count). The normalized spacial score (nSPS) is 17.2. The Labute approximate surface area is 147 Å². The number of carbonyl (C=O) groups is 1. The molecule has 5 nitrogen and oxygen atoms in total. The fraction of sp³-hybridized carbons (Fsp3) is 0.0588. The second kappa shape index (κ2) is 5.85. The van der Waals surface area contributed by atoms with Crippen LogP contribution in [0.15, 0.2) is 47.1 Å². The van der Waals surface area contributed by atoms with Gasteiger partial charge in [-0.2, -0.15) is 0 Å². The van der Waals surface area contributed by atoms with Crippen LogP contribution in [-0.4, -0.2) is 18.7 Å². The van der Waals surface area contributed by atoms with E-state index in [1.807, 2.05) is 0 Å². The number of benzene rings is 2. The molecule has 0 saturated carbocycles. The summed E-state index contributed by atoms with van der Waals surface area (Å²) in [5.74, 6) is 0.954. The SMILES string of the molecule is O=C1OC(c2ccc(Cl)c(Cl)c2)=NC1=Cc1ccc2c(c1)OCO2. The molecule has 2 heterocycles. The van der Waals surface area contributed by atoms with Gasteiger partial charge in [0.2, 0.25) is 12.7 Å². The van der Waals surface area contributed by atoms with Gasteiger partial charge in [0.25, 0.3) is 0 Å². The molecule has 0 saturated heterocycles. The summed E-state index contributed by atoms with van der Waals surface area (Å²) in [6, 6.07) is 10.3. The van der Waals surface area contributed by atoms with E-state index in [1.54, 1.807) is 42.5 Å². The second-order valence-electron chi connectivity index (χ2n) is 5.08. The number of halogens is 2. The summed E-state index contributed by atoms with van der Waals surface area (Å²) < 4.78 is 15.8. The van der Waals surface area contributed by atoms with Crippen molar-refractivity contribution in [3.63, 3.8) is 0 Å². The van der Waals surface area contributed by atoms with Crippen LogP contribution in [0.1, 0.15) is 11.1 Å². The lowest BCUT2D eigenvalue weighted by Gasteiger charge is -2.01. The zero-order valence-corrected chi connectivity index (χ0v) is 13.6. The highest BCUT2D eigenvalue weighted by Crippen LogP contribution is 2.33. The van der Waals surface area contributed by atoms with Crippen LogP contribution < -0.4 is 9.47 Å². The molecule has 7 heteroatoms. The zero-order chi connectivity index (χ0) is 16.7. The van der Waals surface area contributed by atoms with Gasteiger partial charge in [-0.25, -0.2) is 9.79 Å². The number of cyclic esters (lactones) is 1. The lowest BCUT2D eigenvalue weighted by Crippen LogP contribution is -2.05. The molecule has 2 aliphatic heterocycles. The summed E-state index contributed by atoms with van der Waals surface area (Å²) in [6.07, 6.45) is 1.62. The van der Waals surface area contributed by atoms with Crippen LogP contribution in [0, 0.1) is 0 Å². The van der Waals surface area contributed by atoms with Crippen molar-refractivity contribution in [1.82, 2.24) is 0 Å². The quantitative estimate of drug-likeness (QED) is 0.597. The third kappa shape index (κ3) is 2.72. The summed E-state index contributed by atoms with van der Waals surface area (Å²) in [6.45, 7) is 0.191. The van der Waals surface area contributed by atoms with Crippen LogP contribution in [0.5, 0.6) is 11.5 Å². The summed E-state index contributed by atoms with van der Waals surface area (Å²) in [4.78, 5) is 16.3. The van der Waals surface area contributed by atoms with E-state index in [0.717, 1.165) is 5.56 Å². The number of fused-ring (bicyclic) bond motifs is 1. The molecular formula is C17H9Cl2NO4. The molecule has 0 radical (unpaired) electrons. The van der Waals surface area contributed by atoms with Crippen LogP contribution >= 0.6 is 23.2 Å². The molecule has 0 bridgehead atoms. The lowest BCUT2D eigenvalue weighted by molar-refractivity contribution is -0.129. The van der Waals surface area contributed by atoms with Gasteiger partial charge in [-0.1, -0.05) is 29.3 Å². The van der Waals surface area contributed by atoms with Crippen LogP contribution in [0.25, 0.3) is 6.08 Å². The van der Waals surface area contributed by atoms with Crippen LogP contribution in [0.3, 0.4) is 0 Å². The maximum atomic E-state index is 12.0. The standard InChI is InChI=1S/C17H9Cl2NO4/c18-11-3-2-10(7-12(11)19)16-20-13(17(21)24-16)5-9-1-4-14-15(6-9)23-8-22-14/h1-7H,8H2. The number of carbonyl (C=O) groups excluding carboxylic acids is 1. The Morgan fingerprint density at radius 1 is 1.00 bits per heavy atom. The summed E-state index contributed by atoms with van der Waals surface area (Å²) in [5, 5.41) is 0.780. The van der Waals surface area contributed by atoms with Crippen LogP contribution in [0.4, 0.5) is 0 Å². The zero-order valence-electron chi connectivity index (χ0n) is 12.1. The van der Waals surface area contributed by atoms with Crippen molar-refractivity contribution in [1.29, 1.82) is 0 Å². The second-order valence-corrected chi connectivity index (χ2v) is 5.89. The van der Waals surface area contributed by atoms with Crippen molar-refractivity contribution in [2.75, 3.05) is 6.79 Å². The number of rotatable bonds is 2. The van der Waals surface area contributed by atoms with Gasteiger partial charge in [-0.15, -0.1) is 0 Å². The van der Waals surface area contributed by atoms with Crippen molar-refractivity contribution < 1.29 is 19.0 Å². The number of aliphatic imine (C=N–C) groups is 1. The molecule has 120 valence electrons. The van der Waals surface area contributed by atoms with Gasteiger partial charge in [0.05, 0.1) is 10.0 Å². The molecule has 2 aromatic carbocycles. The molecule has 0 unspecified atom stereocenters. The number of hydrogen-bond donors (Lipinski definition) is 0. The molecule has 0 fully saturated rings. The Morgan fingerprint density at radius 3 is 2.67 bits per heavy atom. The minimum absolute atomic E-state index is 0.186. The third-order valence-corrected chi connectivity index (χ3v) is 4.23. The minimum atomic E-state index is -0.534. The molecule has 0 spiro atoms. The smallest absolute Gasteiger partial charge is 0.363 e. The first kappa shape index (κ1) is 15.1. The van der Waals surface area contributed by atoms with Gasteiger partial charge in [-0.3, -0.25) is 0 Å². The molecule has 0 amide bonds. The molecule has 0 aromatic heterocycles. The molecule has 24 heavy (non-hydrogen) atoms. The van der Waals surface area contributed by atoms with Gasteiger partial charge in [0.15, 0.2) is 17.2 Å². The maximum absolute atomic E-state index is 12.0. The van der Waals surface area contributed by atoms with E-state index in [1.165, 1.54) is 0 Å².